The maximum atomic E-state index is 12.2. The summed E-state index contributed by atoms with van der Waals surface area (Å²) < 4.78 is 36.7. The molecule has 4 heteroatoms. The third-order valence-electron chi connectivity index (χ3n) is 1.91. The van der Waals surface area contributed by atoms with Crippen molar-refractivity contribution in [3.05, 3.63) is 42.5 Å². The first-order valence-corrected chi connectivity index (χ1v) is 5.02. The Morgan fingerprint density at radius 3 is 2.53 bits per heavy atom. The van der Waals surface area contributed by atoms with E-state index in [2.05, 4.69) is 6.07 Å². The molecular formula is C11H6F3S. The lowest BCUT2D eigenvalue weighted by molar-refractivity contribution is -0.0327. The van der Waals surface area contributed by atoms with E-state index >= 15 is 0 Å². The fourth-order valence-electron chi connectivity index (χ4n) is 1.34. The quantitative estimate of drug-likeness (QED) is 0.656. The number of halogens is 3. The van der Waals surface area contributed by atoms with E-state index in [0.717, 1.165) is 5.39 Å². The average molecular weight is 227 g/mol. The molecule has 0 nitrogen and oxygen atoms in total. The highest BCUT2D eigenvalue weighted by atomic mass is 32.2. The molecular weight excluding hydrogens is 221 g/mol. The largest absolute Gasteiger partial charge is 0.446 e. The first-order valence-electron chi connectivity index (χ1n) is 4.21. The van der Waals surface area contributed by atoms with Crippen LogP contribution in [0.4, 0.5) is 13.2 Å². The highest BCUT2D eigenvalue weighted by molar-refractivity contribution is 8.00. The molecule has 0 atom stereocenters. The van der Waals surface area contributed by atoms with Gasteiger partial charge in [-0.1, -0.05) is 24.3 Å². The van der Waals surface area contributed by atoms with E-state index in [0.29, 0.717) is 5.39 Å². The van der Waals surface area contributed by atoms with Crippen LogP contribution in [0.25, 0.3) is 10.8 Å². The molecule has 2 aromatic rings. The normalized spacial score (nSPS) is 11.9. The first-order chi connectivity index (χ1) is 7.06. The van der Waals surface area contributed by atoms with Crippen LogP contribution < -0.4 is 0 Å². The third-order valence-corrected chi connectivity index (χ3v) is 2.69. The molecule has 0 aromatic heterocycles. The van der Waals surface area contributed by atoms with Gasteiger partial charge in [-0.05, 0) is 40.7 Å². The summed E-state index contributed by atoms with van der Waals surface area (Å²) in [5.74, 6) is 0. The highest BCUT2D eigenvalue weighted by Crippen LogP contribution is 2.39. The second kappa shape index (κ2) is 3.77. The van der Waals surface area contributed by atoms with Gasteiger partial charge in [-0.2, -0.15) is 13.2 Å². The summed E-state index contributed by atoms with van der Waals surface area (Å²) >= 11 is -0.101. The minimum Gasteiger partial charge on any atom is -0.160 e. The summed E-state index contributed by atoms with van der Waals surface area (Å²) in [4.78, 5) is 0.195. The minimum atomic E-state index is -4.25. The minimum absolute atomic E-state index is 0.101. The maximum Gasteiger partial charge on any atom is 0.446 e. The van der Waals surface area contributed by atoms with Crippen LogP contribution in [0.15, 0.2) is 41.3 Å². The van der Waals surface area contributed by atoms with E-state index in [4.69, 9.17) is 0 Å². The van der Waals surface area contributed by atoms with E-state index < -0.39 is 5.51 Å². The van der Waals surface area contributed by atoms with Gasteiger partial charge < -0.3 is 0 Å². The molecule has 0 fully saturated rings. The Morgan fingerprint density at radius 1 is 1.07 bits per heavy atom. The lowest BCUT2D eigenvalue weighted by Gasteiger charge is -2.07. The van der Waals surface area contributed by atoms with E-state index in [9.17, 15) is 13.2 Å². The number of benzene rings is 2. The monoisotopic (exact) mass is 227 g/mol. The van der Waals surface area contributed by atoms with E-state index in [1.54, 1.807) is 30.3 Å². The Bertz CT molecular complexity index is 471. The second-order valence-electron chi connectivity index (χ2n) is 2.95. The molecule has 0 spiro atoms. The summed E-state index contributed by atoms with van der Waals surface area (Å²) in [5, 5.41) is 1.38. The lowest BCUT2D eigenvalue weighted by Crippen LogP contribution is -1.99. The Labute approximate surface area is 89.1 Å². The Kier molecular flexibility index (Phi) is 2.61. The fourth-order valence-corrected chi connectivity index (χ4v) is 2.01. The number of hydrogen-bond acceptors (Lipinski definition) is 1. The molecule has 0 saturated carbocycles. The summed E-state index contributed by atoms with van der Waals surface area (Å²) in [5.41, 5.74) is -4.25. The van der Waals surface area contributed by atoms with Crippen molar-refractivity contribution in [2.45, 2.75) is 10.4 Å². The standard InChI is InChI=1S/C11H6F3S/c12-11(13,14)15-10-7-3-5-8-4-1-2-6-9(8)10/h1-2,4-7H. The van der Waals surface area contributed by atoms with Crippen molar-refractivity contribution in [2.24, 2.45) is 0 Å². The van der Waals surface area contributed by atoms with Crippen LogP contribution >= 0.6 is 11.8 Å². The van der Waals surface area contributed by atoms with E-state index in [1.807, 2.05) is 0 Å². The highest BCUT2D eigenvalue weighted by Gasteiger charge is 2.29. The van der Waals surface area contributed by atoms with Crippen LogP contribution in [0.3, 0.4) is 0 Å². The van der Waals surface area contributed by atoms with Gasteiger partial charge in [-0.15, -0.1) is 0 Å². The molecule has 0 amide bonds. The number of hydrogen-bond donors (Lipinski definition) is 0. The van der Waals surface area contributed by atoms with Gasteiger partial charge in [0.25, 0.3) is 0 Å². The Morgan fingerprint density at radius 2 is 1.80 bits per heavy atom. The van der Waals surface area contributed by atoms with Gasteiger partial charge in [-0.25, -0.2) is 0 Å². The van der Waals surface area contributed by atoms with Crippen molar-refractivity contribution in [3.63, 3.8) is 0 Å². The number of fused-ring (bicyclic) bond motifs is 1. The number of rotatable bonds is 1. The van der Waals surface area contributed by atoms with Crippen molar-refractivity contribution < 1.29 is 13.2 Å². The van der Waals surface area contributed by atoms with Crippen LogP contribution in [0.5, 0.6) is 0 Å². The zero-order valence-electron chi connectivity index (χ0n) is 7.51. The predicted molar refractivity (Wildman–Crippen MR) is 54.7 cm³/mol. The molecule has 2 aromatic carbocycles. The summed E-state index contributed by atoms with van der Waals surface area (Å²) in [6.07, 6.45) is 0. The van der Waals surface area contributed by atoms with Crippen molar-refractivity contribution in [2.75, 3.05) is 0 Å². The third kappa shape index (κ3) is 2.45. The molecule has 0 aliphatic carbocycles. The summed E-state index contributed by atoms with van der Waals surface area (Å²) in [6, 6.07) is 12.7. The van der Waals surface area contributed by atoms with Crippen LogP contribution in [0.2, 0.25) is 0 Å². The van der Waals surface area contributed by atoms with E-state index in [-0.39, 0.29) is 16.7 Å². The molecule has 15 heavy (non-hydrogen) atoms. The van der Waals surface area contributed by atoms with Crippen LogP contribution in [0, 0.1) is 6.07 Å². The predicted octanol–water partition coefficient (Wildman–Crippen LogP) is 4.25. The van der Waals surface area contributed by atoms with Gasteiger partial charge in [-0.3, -0.25) is 0 Å². The Balaban J connectivity index is 2.52. The Hall–Kier alpha value is -1.16. The SMILES string of the molecule is FC(F)(F)Sc1c[c]cc2ccccc12. The van der Waals surface area contributed by atoms with Crippen molar-refractivity contribution >= 4 is 22.5 Å². The van der Waals surface area contributed by atoms with Crippen LogP contribution in [-0.2, 0) is 0 Å². The molecule has 0 heterocycles. The zero-order valence-corrected chi connectivity index (χ0v) is 8.32. The second-order valence-corrected chi connectivity index (χ2v) is 4.06. The lowest BCUT2D eigenvalue weighted by atomic mass is 10.1. The molecule has 0 unspecified atom stereocenters. The van der Waals surface area contributed by atoms with Gasteiger partial charge in [0.15, 0.2) is 0 Å². The number of alkyl halides is 3. The van der Waals surface area contributed by atoms with Crippen molar-refractivity contribution in [3.8, 4) is 0 Å². The molecule has 77 valence electrons. The molecule has 0 saturated heterocycles. The van der Waals surface area contributed by atoms with Gasteiger partial charge in [0, 0.05) is 4.90 Å². The molecule has 2 rings (SSSR count). The topological polar surface area (TPSA) is 0 Å². The van der Waals surface area contributed by atoms with Crippen LogP contribution in [0.1, 0.15) is 0 Å². The zero-order chi connectivity index (χ0) is 10.9. The fraction of sp³-hybridized carbons (Fsp3) is 0.0909. The van der Waals surface area contributed by atoms with Gasteiger partial charge in [0.2, 0.25) is 0 Å². The van der Waals surface area contributed by atoms with Gasteiger partial charge in [0.05, 0.1) is 0 Å². The molecule has 0 aliphatic rings. The van der Waals surface area contributed by atoms with Crippen molar-refractivity contribution in [1.82, 2.24) is 0 Å². The van der Waals surface area contributed by atoms with Gasteiger partial charge in [0.1, 0.15) is 0 Å². The molecule has 0 N–H and O–H groups in total. The summed E-state index contributed by atoms with van der Waals surface area (Å²) in [7, 11) is 0. The molecule has 1 radical (unpaired) electrons. The first kappa shape index (κ1) is 10.4. The van der Waals surface area contributed by atoms with E-state index in [1.165, 1.54) is 6.07 Å². The maximum absolute atomic E-state index is 12.2. The van der Waals surface area contributed by atoms with Crippen molar-refractivity contribution in [1.29, 1.82) is 0 Å². The molecule has 0 bridgehead atoms. The average Bonchev–Trinajstić information content (AvgIpc) is 2.16. The molecule has 0 aliphatic heterocycles. The van der Waals surface area contributed by atoms with Gasteiger partial charge >= 0.3 is 5.51 Å². The smallest absolute Gasteiger partial charge is 0.160 e. The number of thioether (sulfide) groups is 1. The summed E-state index contributed by atoms with van der Waals surface area (Å²) in [6.45, 7) is 0. The van der Waals surface area contributed by atoms with Crippen LogP contribution in [-0.4, -0.2) is 5.51 Å².